The molecule has 1 amide bonds. The van der Waals surface area contributed by atoms with Crippen molar-refractivity contribution in [2.45, 2.75) is 31.3 Å². The number of hydrogen-bond acceptors (Lipinski definition) is 4. The third-order valence-electron chi connectivity index (χ3n) is 3.15. The van der Waals surface area contributed by atoms with E-state index in [1.54, 1.807) is 4.90 Å². The molecule has 1 aliphatic rings. The van der Waals surface area contributed by atoms with E-state index in [0.29, 0.717) is 19.1 Å². The fraction of sp³-hybridized carbons (Fsp3) is 0.818. The van der Waals surface area contributed by atoms with Crippen LogP contribution in [0.5, 0.6) is 0 Å². The van der Waals surface area contributed by atoms with Gasteiger partial charge >= 0.3 is 5.97 Å². The summed E-state index contributed by atoms with van der Waals surface area (Å²) in [5.41, 5.74) is 5.58. The van der Waals surface area contributed by atoms with Crippen molar-refractivity contribution in [2.24, 2.45) is 5.73 Å². The first kappa shape index (κ1) is 13.9. The van der Waals surface area contributed by atoms with Crippen LogP contribution in [0.2, 0.25) is 0 Å². The highest BCUT2D eigenvalue weighted by molar-refractivity contribution is 5.86. The van der Waals surface area contributed by atoms with Crippen molar-refractivity contribution in [3.63, 3.8) is 0 Å². The molecule has 1 heterocycles. The Morgan fingerprint density at radius 1 is 1.53 bits per heavy atom. The number of carboxylic acid groups (broad SMARTS) is 1. The second-order valence-electron chi connectivity index (χ2n) is 4.75. The Kier molecular flexibility index (Phi) is 4.89. The Bertz CT molecular complexity index is 294. The van der Waals surface area contributed by atoms with Crippen LogP contribution in [-0.2, 0) is 9.59 Å². The smallest absolute Gasteiger partial charge is 0.305 e. The summed E-state index contributed by atoms with van der Waals surface area (Å²) in [5, 5.41) is 8.61. The van der Waals surface area contributed by atoms with E-state index in [1.165, 1.54) is 0 Å². The lowest BCUT2D eigenvalue weighted by Crippen LogP contribution is -2.52. The summed E-state index contributed by atoms with van der Waals surface area (Å²) in [5.74, 6) is -1.29. The van der Waals surface area contributed by atoms with Gasteiger partial charge in [0.25, 0.3) is 0 Å². The maximum absolute atomic E-state index is 11.9. The van der Waals surface area contributed by atoms with Gasteiger partial charge in [-0.2, -0.15) is 0 Å². The number of carboxylic acids is 1. The van der Waals surface area contributed by atoms with Crippen LogP contribution in [0.15, 0.2) is 0 Å². The standard InChI is InChI=1S/C11H21N3O3/c1-13(2)8-4-3-5-14(7-8)11(17)9(12)6-10(15)16/h8-9H,3-7,12H2,1-2H3,(H,15,16). The zero-order valence-corrected chi connectivity index (χ0v) is 10.4. The maximum Gasteiger partial charge on any atom is 0.305 e. The van der Waals surface area contributed by atoms with Gasteiger partial charge in [0.15, 0.2) is 0 Å². The molecule has 1 fully saturated rings. The summed E-state index contributed by atoms with van der Waals surface area (Å²) in [6.45, 7) is 1.32. The topological polar surface area (TPSA) is 86.9 Å². The number of likely N-dealkylation sites (N-methyl/N-ethyl adjacent to an activating group) is 1. The van der Waals surface area contributed by atoms with E-state index in [2.05, 4.69) is 4.90 Å². The average molecular weight is 243 g/mol. The number of likely N-dealkylation sites (tertiary alicyclic amines) is 1. The van der Waals surface area contributed by atoms with Crippen LogP contribution >= 0.6 is 0 Å². The molecule has 98 valence electrons. The van der Waals surface area contributed by atoms with Crippen molar-refractivity contribution in [2.75, 3.05) is 27.2 Å². The molecular weight excluding hydrogens is 222 g/mol. The monoisotopic (exact) mass is 243 g/mol. The first-order valence-corrected chi connectivity index (χ1v) is 5.84. The van der Waals surface area contributed by atoms with Crippen LogP contribution in [0.3, 0.4) is 0 Å². The second-order valence-corrected chi connectivity index (χ2v) is 4.75. The van der Waals surface area contributed by atoms with Gasteiger partial charge in [0.1, 0.15) is 0 Å². The number of piperidine rings is 1. The first-order chi connectivity index (χ1) is 7.91. The summed E-state index contributed by atoms with van der Waals surface area (Å²) in [6, 6.07) is -0.585. The largest absolute Gasteiger partial charge is 0.481 e. The average Bonchev–Trinajstić information content (AvgIpc) is 2.27. The number of nitrogens with two attached hydrogens (primary N) is 1. The SMILES string of the molecule is CN(C)C1CCCN(C(=O)C(N)CC(=O)O)C1. The van der Waals surface area contributed by atoms with Crippen molar-refractivity contribution < 1.29 is 14.7 Å². The lowest BCUT2D eigenvalue weighted by molar-refractivity contribution is -0.142. The van der Waals surface area contributed by atoms with Gasteiger partial charge in [-0.25, -0.2) is 0 Å². The summed E-state index contributed by atoms with van der Waals surface area (Å²) >= 11 is 0. The van der Waals surface area contributed by atoms with E-state index < -0.39 is 12.0 Å². The van der Waals surface area contributed by atoms with E-state index in [0.717, 1.165) is 12.8 Å². The normalized spacial score (nSPS) is 22.6. The highest BCUT2D eigenvalue weighted by Crippen LogP contribution is 2.14. The molecule has 0 bridgehead atoms. The van der Waals surface area contributed by atoms with Gasteiger partial charge in [-0.15, -0.1) is 0 Å². The molecule has 2 atom stereocenters. The summed E-state index contributed by atoms with van der Waals surface area (Å²) in [6.07, 6.45) is 1.70. The number of amides is 1. The first-order valence-electron chi connectivity index (χ1n) is 5.84. The van der Waals surface area contributed by atoms with Gasteiger partial charge in [-0.3, -0.25) is 9.59 Å². The molecule has 0 saturated carbocycles. The molecule has 0 spiro atoms. The predicted molar refractivity (Wildman–Crippen MR) is 63.5 cm³/mol. The quantitative estimate of drug-likeness (QED) is 0.684. The van der Waals surface area contributed by atoms with Gasteiger partial charge in [0.05, 0.1) is 12.5 Å². The van der Waals surface area contributed by atoms with Gasteiger partial charge in [0.2, 0.25) is 5.91 Å². The number of rotatable bonds is 4. The van der Waals surface area contributed by atoms with E-state index in [9.17, 15) is 9.59 Å². The van der Waals surface area contributed by atoms with Crippen LogP contribution in [0, 0.1) is 0 Å². The third-order valence-corrected chi connectivity index (χ3v) is 3.15. The van der Waals surface area contributed by atoms with Gasteiger partial charge in [-0.05, 0) is 26.9 Å². The van der Waals surface area contributed by atoms with Crippen molar-refractivity contribution in [3.8, 4) is 0 Å². The minimum Gasteiger partial charge on any atom is -0.481 e. The van der Waals surface area contributed by atoms with Crippen molar-refractivity contribution in [3.05, 3.63) is 0 Å². The number of hydrogen-bond donors (Lipinski definition) is 2. The summed E-state index contributed by atoms with van der Waals surface area (Å²) < 4.78 is 0. The molecule has 2 unspecified atom stereocenters. The fourth-order valence-corrected chi connectivity index (χ4v) is 2.09. The molecule has 0 aliphatic carbocycles. The van der Waals surface area contributed by atoms with Crippen LogP contribution < -0.4 is 5.73 Å². The molecule has 0 radical (unpaired) electrons. The zero-order valence-electron chi connectivity index (χ0n) is 10.4. The van der Waals surface area contributed by atoms with Gasteiger partial charge in [-0.1, -0.05) is 0 Å². The minimum atomic E-state index is -1.04. The maximum atomic E-state index is 11.9. The highest BCUT2D eigenvalue weighted by Gasteiger charge is 2.28. The number of carbonyl (C=O) groups is 2. The molecule has 0 aromatic rings. The Labute approximate surface area is 101 Å². The zero-order chi connectivity index (χ0) is 13.0. The summed E-state index contributed by atoms with van der Waals surface area (Å²) in [7, 11) is 3.96. The molecule has 0 aromatic carbocycles. The molecule has 3 N–H and O–H groups in total. The minimum absolute atomic E-state index is 0.251. The van der Waals surface area contributed by atoms with Crippen LogP contribution in [0.1, 0.15) is 19.3 Å². The lowest BCUT2D eigenvalue weighted by Gasteiger charge is -2.37. The molecule has 6 heteroatoms. The van der Waals surface area contributed by atoms with Crippen LogP contribution in [0.4, 0.5) is 0 Å². The fourth-order valence-electron chi connectivity index (χ4n) is 2.09. The molecular formula is C11H21N3O3. The van der Waals surface area contributed by atoms with Crippen LogP contribution in [-0.4, -0.2) is 66.1 Å². The Morgan fingerprint density at radius 2 is 2.18 bits per heavy atom. The lowest BCUT2D eigenvalue weighted by atomic mass is 10.0. The molecule has 17 heavy (non-hydrogen) atoms. The highest BCUT2D eigenvalue weighted by atomic mass is 16.4. The number of nitrogens with zero attached hydrogens (tertiary/aromatic N) is 2. The third kappa shape index (κ3) is 3.98. The molecule has 1 rings (SSSR count). The molecule has 1 aliphatic heterocycles. The van der Waals surface area contributed by atoms with Gasteiger partial charge < -0.3 is 20.6 Å². The van der Waals surface area contributed by atoms with E-state index in [1.807, 2.05) is 14.1 Å². The Morgan fingerprint density at radius 3 is 2.71 bits per heavy atom. The van der Waals surface area contributed by atoms with Crippen molar-refractivity contribution in [1.29, 1.82) is 0 Å². The number of aliphatic carboxylic acids is 1. The van der Waals surface area contributed by atoms with E-state index in [4.69, 9.17) is 10.8 Å². The van der Waals surface area contributed by atoms with E-state index >= 15 is 0 Å². The molecule has 1 saturated heterocycles. The van der Waals surface area contributed by atoms with Crippen LogP contribution in [0.25, 0.3) is 0 Å². The Balaban J connectivity index is 2.54. The summed E-state index contributed by atoms with van der Waals surface area (Å²) in [4.78, 5) is 26.2. The van der Waals surface area contributed by atoms with Crippen molar-refractivity contribution >= 4 is 11.9 Å². The molecule has 0 aromatic heterocycles. The second kappa shape index (κ2) is 5.97. The van der Waals surface area contributed by atoms with E-state index in [-0.39, 0.29) is 12.3 Å². The number of carbonyl (C=O) groups excluding carboxylic acids is 1. The predicted octanol–water partition coefficient (Wildman–Crippen LogP) is -0.659. The Hall–Kier alpha value is -1.14. The van der Waals surface area contributed by atoms with Crippen molar-refractivity contribution in [1.82, 2.24) is 9.80 Å². The van der Waals surface area contributed by atoms with Gasteiger partial charge in [0, 0.05) is 19.1 Å². The molecule has 6 nitrogen and oxygen atoms in total.